The Morgan fingerprint density at radius 3 is 2.87 bits per heavy atom. The zero-order valence-electron chi connectivity index (χ0n) is 13.4. The van der Waals surface area contributed by atoms with Crippen molar-refractivity contribution < 1.29 is 14.3 Å². The van der Waals surface area contributed by atoms with E-state index in [1.165, 1.54) is 4.90 Å². The van der Waals surface area contributed by atoms with Crippen LogP contribution in [-0.2, 0) is 11.3 Å². The molecule has 1 saturated heterocycles. The van der Waals surface area contributed by atoms with E-state index in [-0.39, 0.29) is 5.91 Å². The lowest BCUT2D eigenvalue weighted by Crippen LogP contribution is -2.49. The molecule has 1 aromatic rings. The Morgan fingerprint density at radius 1 is 1.48 bits per heavy atom. The van der Waals surface area contributed by atoms with Gasteiger partial charge < -0.3 is 20.3 Å². The molecular weight excluding hydrogens is 294 g/mol. The Balaban J connectivity index is 2.19. The number of para-hydroxylation sites is 1. The van der Waals surface area contributed by atoms with Crippen molar-refractivity contribution >= 4 is 11.9 Å². The van der Waals surface area contributed by atoms with E-state index >= 15 is 0 Å². The molecule has 0 radical (unpaired) electrons. The highest BCUT2D eigenvalue weighted by atomic mass is 16.5. The first-order valence-corrected chi connectivity index (χ1v) is 7.66. The predicted molar refractivity (Wildman–Crippen MR) is 87.9 cm³/mol. The minimum Gasteiger partial charge on any atom is -0.496 e. The van der Waals surface area contributed by atoms with Crippen molar-refractivity contribution in [3.05, 3.63) is 42.5 Å². The van der Waals surface area contributed by atoms with Crippen LogP contribution in [-0.4, -0.2) is 48.0 Å². The minimum atomic E-state index is -0.545. The lowest BCUT2D eigenvalue weighted by molar-refractivity contribution is -0.135. The highest BCUT2D eigenvalue weighted by Gasteiger charge is 2.35. The fourth-order valence-electron chi connectivity index (χ4n) is 2.93. The summed E-state index contributed by atoms with van der Waals surface area (Å²) in [6.45, 7) is 5.05. The number of ether oxygens (including phenoxy) is 1. The first-order chi connectivity index (χ1) is 11.1. The van der Waals surface area contributed by atoms with Crippen molar-refractivity contribution in [1.82, 2.24) is 9.80 Å². The molecule has 1 aliphatic rings. The molecule has 124 valence electrons. The standard InChI is InChI=1S/C17H23N3O3/c1-3-10-19(12-13-7-4-5-9-15(13)23-2)16(21)14-8-6-11-20(14)17(18)22/h3-5,7,9,14H,1,6,8,10-12H2,2H3,(H2,18,22). The monoisotopic (exact) mass is 317 g/mol. The Labute approximate surface area is 136 Å². The van der Waals surface area contributed by atoms with Gasteiger partial charge in [-0.2, -0.15) is 0 Å². The molecule has 1 fully saturated rings. The number of benzene rings is 1. The lowest BCUT2D eigenvalue weighted by atomic mass is 10.1. The zero-order chi connectivity index (χ0) is 16.8. The first-order valence-electron chi connectivity index (χ1n) is 7.66. The van der Waals surface area contributed by atoms with E-state index in [4.69, 9.17) is 10.5 Å². The fraction of sp³-hybridized carbons (Fsp3) is 0.412. The van der Waals surface area contributed by atoms with Crippen molar-refractivity contribution in [2.24, 2.45) is 5.73 Å². The molecular formula is C17H23N3O3. The van der Waals surface area contributed by atoms with Crippen molar-refractivity contribution in [1.29, 1.82) is 0 Å². The molecule has 3 amide bonds. The number of nitrogens with two attached hydrogens (primary N) is 1. The number of primary amides is 1. The highest BCUT2D eigenvalue weighted by Crippen LogP contribution is 2.23. The predicted octanol–water partition coefficient (Wildman–Crippen LogP) is 1.75. The number of likely N-dealkylation sites (tertiary alicyclic amines) is 1. The molecule has 1 heterocycles. The van der Waals surface area contributed by atoms with Crippen LogP contribution in [0.1, 0.15) is 18.4 Å². The van der Waals surface area contributed by atoms with E-state index in [1.54, 1.807) is 18.1 Å². The molecule has 0 saturated carbocycles. The zero-order valence-corrected chi connectivity index (χ0v) is 13.4. The minimum absolute atomic E-state index is 0.105. The van der Waals surface area contributed by atoms with E-state index < -0.39 is 12.1 Å². The molecule has 2 N–H and O–H groups in total. The number of carbonyl (C=O) groups is 2. The second-order valence-electron chi connectivity index (χ2n) is 5.51. The van der Waals surface area contributed by atoms with Crippen molar-refractivity contribution in [3.8, 4) is 5.75 Å². The van der Waals surface area contributed by atoms with E-state index in [0.29, 0.717) is 26.1 Å². The number of nitrogens with zero attached hydrogens (tertiary/aromatic N) is 2. The smallest absolute Gasteiger partial charge is 0.315 e. The molecule has 1 unspecified atom stereocenters. The first kappa shape index (κ1) is 16.9. The molecule has 1 atom stereocenters. The van der Waals surface area contributed by atoms with Crippen molar-refractivity contribution in [2.45, 2.75) is 25.4 Å². The maximum atomic E-state index is 12.8. The Morgan fingerprint density at radius 2 is 2.22 bits per heavy atom. The summed E-state index contributed by atoms with van der Waals surface area (Å²) in [6, 6.07) is 6.53. The van der Waals surface area contributed by atoms with Crippen LogP contribution in [0.5, 0.6) is 5.75 Å². The van der Waals surface area contributed by atoms with Crippen LogP contribution in [0.4, 0.5) is 4.79 Å². The van der Waals surface area contributed by atoms with Crippen LogP contribution >= 0.6 is 0 Å². The second kappa shape index (κ2) is 7.67. The fourth-order valence-corrected chi connectivity index (χ4v) is 2.93. The van der Waals surface area contributed by atoms with Gasteiger partial charge in [-0.25, -0.2) is 4.79 Å². The van der Waals surface area contributed by atoms with Gasteiger partial charge in [-0.15, -0.1) is 6.58 Å². The summed E-state index contributed by atoms with van der Waals surface area (Å²) in [5.74, 6) is 0.625. The molecule has 2 rings (SSSR count). The summed E-state index contributed by atoms with van der Waals surface area (Å²) in [4.78, 5) is 27.5. The SMILES string of the molecule is C=CCN(Cc1ccccc1OC)C(=O)C1CCCN1C(N)=O. The van der Waals surface area contributed by atoms with Gasteiger partial charge in [0.1, 0.15) is 11.8 Å². The normalized spacial score (nSPS) is 16.9. The number of carbonyl (C=O) groups excluding carboxylic acids is 2. The Bertz CT molecular complexity index is 588. The molecule has 0 bridgehead atoms. The summed E-state index contributed by atoms with van der Waals surface area (Å²) in [5, 5.41) is 0. The van der Waals surface area contributed by atoms with Crippen LogP contribution in [0.3, 0.4) is 0 Å². The van der Waals surface area contributed by atoms with Gasteiger partial charge in [0.2, 0.25) is 5.91 Å². The van der Waals surface area contributed by atoms with Crippen LogP contribution in [0.15, 0.2) is 36.9 Å². The molecule has 0 spiro atoms. The number of urea groups is 1. The van der Waals surface area contributed by atoms with E-state index in [9.17, 15) is 9.59 Å². The van der Waals surface area contributed by atoms with Crippen molar-refractivity contribution in [2.75, 3.05) is 20.2 Å². The molecule has 1 aliphatic heterocycles. The van der Waals surface area contributed by atoms with E-state index in [0.717, 1.165) is 17.7 Å². The third-order valence-corrected chi connectivity index (χ3v) is 4.04. The van der Waals surface area contributed by atoms with Gasteiger partial charge in [0.15, 0.2) is 0 Å². The summed E-state index contributed by atoms with van der Waals surface area (Å²) in [6.07, 6.45) is 3.11. The Hall–Kier alpha value is -2.50. The molecule has 6 nitrogen and oxygen atoms in total. The molecule has 0 aromatic heterocycles. The number of methoxy groups -OCH3 is 1. The van der Waals surface area contributed by atoms with Crippen molar-refractivity contribution in [3.63, 3.8) is 0 Å². The maximum absolute atomic E-state index is 12.8. The highest BCUT2D eigenvalue weighted by molar-refractivity contribution is 5.87. The molecule has 6 heteroatoms. The lowest BCUT2D eigenvalue weighted by Gasteiger charge is -2.29. The quantitative estimate of drug-likeness (QED) is 0.812. The van der Waals surface area contributed by atoms with Crippen LogP contribution in [0.2, 0.25) is 0 Å². The number of hydrogen-bond acceptors (Lipinski definition) is 3. The Kier molecular flexibility index (Phi) is 5.62. The number of hydrogen-bond donors (Lipinski definition) is 1. The van der Waals surface area contributed by atoms with Gasteiger partial charge in [-0.3, -0.25) is 4.79 Å². The topological polar surface area (TPSA) is 75.9 Å². The van der Waals surface area contributed by atoms with Gasteiger partial charge in [0, 0.05) is 25.2 Å². The van der Waals surface area contributed by atoms with Crippen LogP contribution in [0, 0.1) is 0 Å². The summed E-state index contributed by atoms with van der Waals surface area (Å²) < 4.78 is 5.34. The third kappa shape index (κ3) is 3.83. The van der Waals surface area contributed by atoms with Gasteiger partial charge >= 0.3 is 6.03 Å². The third-order valence-electron chi connectivity index (χ3n) is 4.04. The molecule has 0 aliphatic carbocycles. The van der Waals surface area contributed by atoms with E-state index in [1.807, 2.05) is 24.3 Å². The summed E-state index contributed by atoms with van der Waals surface area (Å²) >= 11 is 0. The second-order valence-corrected chi connectivity index (χ2v) is 5.51. The van der Waals surface area contributed by atoms with Gasteiger partial charge in [-0.05, 0) is 18.9 Å². The van der Waals surface area contributed by atoms with Gasteiger partial charge in [0.25, 0.3) is 0 Å². The average Bonchev–Trinajstić information content (AvgIpc) is 3.04. The van der Waals surface area contributed by atoms with Gasteiger partial charge in [-0.1, -0.05) is 24.3 Å². The molecule has 1 aromatic carbocycles. The summed E-state index contributed by atoms with van der Waals surface area (Å²) in [5.41, 5.74) is 6.29. The van der Waals surface area contributed by atoms with E-state index in [2.05, 4.69) is 6.58 Å². The largest absolute Gasteiger partial charge is 0.496 e. The van der Waals surface area contributed by atoms with Gasteiger partial charge in [0.05, 0.1) is 7.11 Å². The molecule has 23 heavy (non-hydrogen) atoms. The van der Waals surface area contributed by atoms with Crippen LogP contribution in [0.25, 0.3) is 0 Å². The maximum Gasteiger partial charge on any atom is 0.315 e. The summed E-state index contributed by atoms with van der Waals surface area (Å²) in [7, 11) is 1.60. The number of rotatable bonds is 6. The number of amides is 3. The average molecular weight is 317 g/mol. The van der Waals surface area contributed by atoms with Crippen LogP contribution < -0.4 is 10.5 Å².